The Morgan fingerprint density at radius 2 is 1.75 bits per heavy atom. The van der Waals surface area contributed by atoms with Crippen LogP contribution in [0.25, 0.3) is 11.3 Å². The van der Waals surface area contributed by atoms with Gasteiger partial charge in [0.25, 0.3) is 5.91 Å². The SMILES string of the molecule is NS(=O)(=O)c1ccc(-c2ccc(/C=N\NC(=O)CNc3ccccc3)o2)cc1. The Morgan fingerprint density at radius 3 is 2.43 bits per heavy atom. The van der Waals surface area contributed by atoms with Crippen molar-refractivity contribution >= 4 is 27.8 Å². The molecular weight excluding hydrogens is 380 g/mol. The highest BCUT2D eigenvalue weighted by atomic mass is 32.2. The van der Waals surface area contributed by atoms with Crippen molar-refractivity contribution in [2.24, 2.45) is 10.2 Å². The maximum absolute atomic E-state index is 11.8. The Hall–Kier alpha value is -3.43. The van der Waals surface area contributed by atoms with Crippen LogP contribution < -0.4 is 15.9 Å². The summed E-state index contributed by atoms with van der Waals surface area (Å²) in [6.07, 6.45) is 1.38. The second-order valence-electron chi connectivity index (χ2n) is 5.78. The summed E-state index contributed by atoms with van der Waals surface area (Å²) in [5.41, 5.74) is 3.92. The average Bonchev–Trinajstić information content (AvgIpc) is 3.15. The van der Waals surface area contributed by atoms with Crippen LogP contribution in [0.15, 0.2) is 81.1 Å². The number of furan rings is 1. The quantitative estimate of drug-likeness (QED) is 0.415. The fourth-order valence-electron chi connectivity index (χ4n) is 2.33. The Bertz CT molecular complexity index is 1070. The smallest absolute Gasteiger partial charge is 0.259 e. The van der Waals surface area contributed by atoms with Crippen molar-refractivity contribution in [3.63, 3.8) is 0 Å². The molecule has 0 aliphatic carbocycles. The van der Waals surface area contributed by atoms with E-state index < -0.39 is 10.0 Å². The first kappa shape index (κ1) is 19.3. The Balaban J connectivity index is 1.54. The van der Waals surface area contributed by atoms with Gasteiger partial charge in [0.15, 0.2) is 0 Å². The van der Waals surface area contributed by atoms with Crippen LogP contribution >= 0.6 is 0 Å². The molecular formula is C19H18N4O4S. The summed E-state index contributed by atoms with van der Waals surface area (Å²) in [6.45, 7) is 0.0845. The first-order chi connectivity index (χ1) is 13.4. The molecule has 0 saturated heterocycles. The van der Waals surface area contributed by atoms with Gasteiger partial charge in [0.2, 0.25) is 10.0 Å². The third-order valence-corrected chi connectivity index (χ3v) is 4.63. The van der Waals surface area contributed by atoms with E-state index >= 15 is 0 Å². The molecule has 0 aliphatic rings. The molecule has 4 N–H and O–H groups in total. The highest BCUT2D eigenvalue weighted by Crippen LogP contribution is 2.22. The van der Waals surface area contributed by atoms with Crippen molar-refractivity contribution in [3.05, 3.63) is 72.5 Å². The van der Waals surface area contributed by atoms with Crippen molar-refractivity contribution in [1.29, 1.82) is 0 Å². The topological polar surface area (TPSA) is 127 Å². The molecule has 3 rings (SSSR count). The molecule has 0 aliphatic heterocycles. The van der Waals surface area contributed by atoms with Gasteiger partial charge >= 0.3 is 0 Å². The third-order valence-electron chi connectivity index (χ3n) is 3.70. The number of nitrogens with two attached hydrogens (primary N) is 1. The van der Waals surface area contributed by atoms with Crippen molar-refractivity contribution < 1.29 is 17.6 Å². The van der Waals surface area contributed by atoms with E-state index in [1.807, 2.05) is 30.3 Å². The van der Waals surface area contributed by atoms with E-state index in [1.54, 1.807) is 24.3 Å². The fourth-order valence-corrected chi connectivity index (χ4v) is 2.85. The predicted octanol–water partition coefficient (Wildman–Crippen LogP) is 2.16. The van der Waals surface area contributed by atoms with E-state index in [1.165, 1.54) is 18.3 Å². The number of rotatable bonds is 7. The molecule has 2 aromatic carbocycles. The molecule has 144 valence electrons. The number of primary sulfonamides is 1. The number of hydrogen-bond donors (Lipinski definition) is 3. The van der Waals surface area contributed by atoms with Crippen LogP contribution in [0.1, 0.15) is 5.76 Å². The van der Waals surface area contributed by atoms with Gasteiger partial charge in [-0.15, -0.1) is 0 Å². The van der Waals surface area contributed by atoms with Crippen molar-refractivity contribution in [2.75, 3.05) is 11.9 Å². The molecule has 28 heavy (non-hydrogen) atoms. The highest BCUT2D eigenvalue weighted by molar-refractivity contribution is 7.89. The summed E-state index contributed by atoms with van der Waals surface area (Å²) >= 11 is 0. The number of nitrogens with zero attached hydrogens (tertiary/aromatic N) is 1. The van der Waals surface area contributed by atoms with Crippen LogP contribution in [-0.2, 0) is 14.8 Å². The summed E-state index contributed by atoms with van der Waals surface area (Å²) in [5, 5.41) is 11.9. The minimum atomic E-state index is -3.74. The normalized spacial score (nSPS) is 11.5. The first-order valence-electron chi connectivity index (χ1n) is 8.26. The summed E-state index contributed by atoms with van der Waals surface area (Å²) in [4.78, 5) is 11.8. The number of hydrogen-bond acceptors (Lipinski definition) is 6. The second kappa shape index (κ2) is 8.51. The Kier molecular flexibility index (Phi) is 5.87. The number of carbonyl (C=O) groups excluding carboxylic acids is 1. The monoisotopic (exact) mass is 398 g/mol. The molecule has 9 heteroatoms. The maximum atomic E-state index is 11.8. The van der Waals surface area contributed by atoms with Crippen molar-refractivity contribution in [3.8, 4) is 11.3 Å². The Labute approximate surface area is 162 Å². The number of anilines is 1. The van der Waals surface area contributed by atoms with Crippen LogP contribution in [0.2, 0.25) is 0 Å². The first-order valence-corrected chi connectivity index (χ1v) is 9.80. The van der Waals surface area contributed by atoms with Crippen LogP contribution in [0.3, 0.4) is 0 Å². The zero-order chi connectivity index (χ0) is 20.0. The number of hydrazone groups is 1. The number of sulfonamides is 1. The lowest BCUT2D eigenvalue weighted by molar-refractivity contribution is -0.119. The van der Waals surface area contributed by atoms with E-state index in [-0.39, 0.29) is 17.3 Å². The number of amides is 1. The highest BCUT2D eigenvalue weighted by Gasteiger charge is 2.09. The van der Waals surface area contributed by atoms with Crippen LogP contribution in [0, 0.1) is 0 Å². The molecule has 1 heterocycles. The van der Waals surface area contributed by atoms with Gasteiger partial charge in [-0.1, -0.05) is 18.2 Å². The van der Waals surface area contributed by atoms with Gasteiger partial charge in [-0.3, -0.25) is 4.79 Å². The minimum absolute atomic E-state index is 0.0245. The van der Waals surface area contributed by atoms with E-state index in [4.69, 9.17) is 9.56 Å². The van der Waals surface area contributed by atoms with Crippen LogP contribution in [-0.4, -0.2) is 27.1 Å². The molecule has 0 saturated carbocycles. The molecule has 0 atom stereocenters. The van der Waals surface area contributed by atoms with E-state index in [0.29, 0.717) is 17.1 Å². The summed E-state index contributed by atoms with van der Waals surface area (Å²) in [5.74, 6) is 0.659. The zero-order valence-electron chi connectivity index (χ0n) is 14.7. The summed E-state index contributed by atoms with van der Waals surface area (Å²) in [7, 11) is -3.74. The lowest BCUT2D eigenvalue weighted by Crippen LogP contribution is -2.25. The van der Waals surface area contributed by atoms with E-state index in [9.17, 15) is 13.2 Å². The number of para-hydroxylation sites is 1. The Morgan fingerprint density at radius 1 is 1.04 bits per heavy atom. The zero-order valence-corrected chi connectivity index (χ0v) is 15.5. The van der Waals surface area contributed by atoms with Crippen molar-refractivity contribution in [2.45, 2.75) is 4.90 Å². The molecule has 0 radical (unpaired) electrons. The summed E-state index contributed by atoms with van der Waals surface area (Å²) < 4.78 is 28.2. The van der Waals surface area contributed by atoms with Crippen LogP contribution in [0.4, 0.5) is 5.69 Å². The second-order valence-corrected chi connectivity index (χ2v) is 7.35. The molecule has 1 aromatic heterocycles. The fraction of sp³-hybridized carbons (Fsp3) is 0.0526. The number of carbonyl (C=O) groups is 1. The van der Waals surface area contributed by atoms with E-state index in [2.05, 4.69) is 15.8 Å². The lowest BCUT2D eigenvalue weighted by Gasteiger charge is -2.04. The van der Waals surface area contributed by atoms with Gasteiger partial charge in [0.1, 0.15) is 11.5 Å². The average molecular weight is 398 g/mol. The van der Waals surface area contributed by atoms with Gasteiger partial charge in [0, 0.05) is 11.3 Å². The number of benzene rings is 2. The molecule has 0 fully saturated rings. The molecule has 0 unspecified atom stereocenters. The van der Waals surface area contributed by atoms with Gasteiger partial charge in [0.05, 0.1) is 17.7 Å². The lowest BCUT2D eigenvalue weighted by atomic mass is 10.2. The third kappa shape index (κ3) is 5.29. The minimum Gasteiger partial charge on any atom is -0.455 e. The standard InChI is InChI=1S/C19H18N4O4S/c20-28(25,26)17-9-6-14(7-10-17)18-11-8-16(27-18)12-22-23-19(24)13-21-15-4-2-1-3-5-15/h1-12,21H,13H2,(H,23,24)(H2,20,25,26)/b22-12-. The van der Waals surface area contributed by atoms with Crippen molar-refractivity contribution in [1.82, 2.24) is 5.43 Å². The van der Waals surface area contributed by atoms with Gasteiger partial charge in [-0.25, -0.2) is 19.0 Å². The molecule has 0 spiro atoms. The maximum Gasteiger partial charge on any atom is 0.259 e. The predicted molar refractivity (Wildman–Crippen MR) is 106 cm³/mol. The van der Waals surface area contributed by atoms with E-state index in [0.717, 1.165) is 5.69 Å². The van der Waals surface area contributed by atoms with Gasteiger partial charge < -0.3 is 9.73 Å². The number of nitrogens with one attached hydrogen (secondary N) is 2. The summed E-state index contributed by atoms with van der Waals surface area (Å²) in [6, 6.07) is 18.7. The van der Waals surface area contributed by atoms with Gasteiger partial charge in [-0.2, -0.15) is 5.10 Å². The molecule has 0 bridgehead atoms. The van der Waals surface area contributed by atoms with Crippen LogP contribution in [0.5, 0.6) is 0 Å². The largest absolute Gasteiger partial charge is 0.455 e. The van der Waals surface area contributed by atoms with Gasteiger partial charge in [-0.05, 0) is 48.5 Å². The molecule has 3 aromatic rings. The molecule has 1 amide bonds. The molecule has 8 nitrogen and oxygen atoms in total.